The third-order valence-corrected chi connectivity index (χ3v) is 4.17. The van der Waals surface area contributed by atoms with Crippen LogP contribution in [-0.4, -0.2) is 34.3 Å². The van der Waals surface area contributed by atoms with Crippen molar-refractivity contribution in [1.29, 1.82) is 0 Å². The summed E-state index contributed by atoms with van der Waals surface area (Å²) in [6.07, 6.45) is 5.52. The lowest BCUT2D eigenvalue weighted by Crippen LogP contribution is -2.39. The van der Waals surface area contributed by atoms with Crippen molar-refractivity contribution >= 4 is 29.2 Å². The highest BCUT2D eigenvalue weighted by Crippen LogP contribution is 2.25. The number of aryl methyl sites for hydroxylation is 1. The summed E-state index contributed by atoms with van der Waals surface area (Å²) in [4.78, 5) is 4.25. The van der Waals surface area contributed by atoms with E-state index in [9.17, 15) is 0 Å². The second-order valence-electron chi connectivity index (χ2n) is 5.44. The molecule has 2 N–H and O–H groups in total. The third-order valence-electron chi connectivity index (χ3n) is 3.61. The minimum Gasteiger partial charge on any atom is -0.356 e. The zero-order valence-electron chi connectivity index (χ0n) is 13.8. The number of nitrogens with zero attached hydrogens (tertiary/aromatic N) is 4. The molecule has 0 fully saturated rings. The van der Waals surface area contributed by atoms with Gasteiger partial charge in [-0.3, -0.25) is 4.99 Å². The van der Waals surface area contributed by atoms with Crippen molar-refractivity contribution in [3.05, 3.63) is 46.5 Å². The summed E-state index contributed by atoms with van der Waals surface area (Å²) < 4.78 is 1.97. The van der Waals surface area contributed by atoms with Crippen LogP contribution in [0, 0.1) is 0 Å². The zero-order chi connectivity index (χ0) is 17.4. The van der Waals surface area contributed by atoms with Gasteiger partial charge in [-0.05, 0) is 37.5 Å². The van der Waals surface area contributed by atoms with Crippen LogP contribution in [0.3, 0.4) is 0 Å². The van der Waals surface area contributed by atoms with Crippen LogP contribution in [0.5, 0.6) is 0 Å². The van der Waals surface area contributed by atoms with Crippen LogP contribution in [0.4, 0.5) is 0 Å². The van der Waals surface area contributed by atoms with E-state index in [-0.39, 0.29) is 6.04 Å². The maximum Gasteiger partial charge on any atom is 0.191 e. The molecule has 0 saturated heterocycles. The Balaban J connectivity index is 1.75. The summed E-state index contributed by atoms with van der Waals surface area (Å²) in [7, 11) is 1.75. The van der Waals surface area contributed by atoms with Crippen LogP contribution in [0.25, 0.3) is 0 Å². The predicted molar refractivity (Wildman–Crippen MR) is 98.6 cm³/mol. The first-order valence-corrected chi connectivity index (χ1v) is 8.60. The summed E-state index contributed by atoms with van der Waals surface area (Å²) >= 11 is 12.2. The molecule has 0 aliphatic carbocycles. The van der Waals surface area contributed by atoms with Crippen LogP contribution in [-0.2, 0) is 6.54 Å². The maximum atomic E-state index is 6.25. The van der Waals surface area contributed by atoms with Crippen molar-refractivity contribution < 1.29 is 0 Å². The lowest BCUT2D eigenvalue weighted by Gasteiger charge is -2.19. The molecule has 130 valence electrons. The quantitative estimate of drug-likeness (QED) is 0.447. The monoisotopic (exact) mass is 368 g/mol. The summed E-state index contributed by atoms with van der Waals surface area (Å²) in [5.74, 6) is 0.748. The zero-order valence-corrected chi connectivity index (χ0v) is 15.3. The first kappa shape index (κ1) is 18.5. The van der Waals surface area contributed by atoms with E-state index >= 15 is 0 Å². The Morgan fingerprint density at radius 2 is 2.00 bits per heavy atom. The summed E-state index contributed by atoms with van der Waals surface area (Å²) in [5.41, 5.74) is 0.983. The normalized spacial score (nSPS) is 12.9. The minimum atomic E-state index is 0.0259. The molecule has 0 radical (unpaired) electrons. The summed E-state index contributed by atoms with van der Waals surface area (Å²) in [5, 5.41) is 15.5. The number of rotatable bonds is 7. The highest BCUT2D eigenvalue weighted by atomic mass is 35.5. The van der Waals surface area contributed by atoms with Crippen molar-refractivity contribution in [2.45, 2.75) is 32.4 Å². The Kier molecular flexibility index (Phi) is 7.34. The number of hydrogen-bond acceptors (Lipinski definition) is 3. The average molecular weight is 369 g/mol. The molecule has 24 heavy (non-hydrogen) atoms. The van der Waals surface area contributed by atoms with E-state index in [2.05, 4.69) is 25.8 Å². The standard InChI is InChI=1S/C16H22Cl2N6/c1-12(14-6-5-13(17)9-15(14)18)23-16(19-2)20-7-3-4-8-24-10-21-22-11-24/h5-6,9-12H,3-4,7-8H2,1-2H3,(H2,19,20,23). The molecular formula is C16H22Cl2N6. The topological polar surface area (TPSA) is 67.1 Å². The molecule has 1 unspecified atom stereocenters. The Morgan fingerprint density at radius 3 is 2.67 bits per heavy atom. The smallest absolute Gasteiger partial charge is 0.191 e. The number of benzene rings is 1. The van der Waals surface area contributed by atoms with Gasteiger partial charge in [0.1, 0.15) is 12.7 Å². The van der Waals surface area contributed by atoms with Crippen LogP contribution >= 0.6 is 23.2 Å². The van der Waals surface area contributed by atoms with Gasteiger partial charge in [0.15, 0.2) is 5.96 Å². The molecule has 6 nitrogen and oxygen atoms in total. The van der Waals surface area contributed by atoms with Gasteiger partial charge < -0.3 is 15.2 Å². The highest BCUT2D eigenvalue weighted by molar-refractivity contribution is 6.35. The van der Waals surface area contributed by atoms with Crippen LogP contribution < -0.4 is 10.6 Å². The van der Waals surface area contributed by atoms with Gasteiger partial charge in [-0.25, -0.2) is 0 Å². The van der Waals surface area contributed by atoms with Crippen molar-refractivity contribution in [1.82, 2.24) is 25.4 Å². The molecule has 2 rings (SSSR count). The molecule has 0 saturated carbocycles. The number of halogens is 2. The van der Waals surface area contributed by atoms with Gasteiger partial charge in [0.25, 0.3) is 0 Å². The van der Waals surface area contributed by atoms with Gasteiger partial charge in [-0.15, -0.1) is 10.2 Å². The van der Waals surface area contributed by atoms with E-state index in [1.165, 1.54) is 0 Å². The fraction of sp³-hybridized carbons (Fsp3) is 0.438. The molecule has 1 aromatic carbocycles. The molecule has 0 aliphatic heterocycles. The van der Waals surface area contributed by atoms with Gasteiger partial charge in [0.05, 0.1) is 6.04 Å². The van der Waals surface area contributed by atoms with Gasteiger partial charge >= 0.3 is 0 Å². The lowest BCUT2D eigenvalue weighted by molar-refractivity contribution is 0.593. The number of hydrogen-bond donors (Lipinski definition) is 2. The molecule has 8 heteroatoms. The van der Waals surface area contributed by atoms with E-state index in [4.69, 9.17) is 23.2 Å². The van der Waals surface area contributed by atoms with Crippen LogP contribution in [0.2, 0.25) is 10.0 Å². The first-order chi connectivity index (χ1) is 11.6. The summed E-state index contributed by atoms with van der Waals surface area (Å²) in [6, 6.07) is 5.53. The van der Waals surface area contributed by atoms with Gasteiger partial charge in [0, 0.05) is 30.2 Å². The van der Waals surface area contributed by atoms with Crippen molar-refractivity contribution in [2.75, 3.05) is 13.6 Å². The number of unbranched alkanes of at least 4 members (excludes halogenated alkanes) is 1. The molecule has 1 atom stereocenters. The Labute approximate surface area is 152 Å². The summed E-state index contributed by atoms with van der Waals surface area (Å²) in [6.45, 7) is 3.79. The minimum absolute atomic E-state index is 0.0259. The lowest BCUT2D eigenvalue weighted by atomic mass is 10.1. The first-order valence-electron chi connectivity index (χ1n) is 7.84. The van der Waals surface area contributed by atoms with Crippen LogP contribution in [0.15, 0.2) is 35.8 Å². The van der Waals surface area contributed by atoms with Gasteiger partial charge in [0.2, 0.25) is 0 Å². The Hall–Kier alpha value is -1.79. The Morgan fingerprint density at radius 1 is 1.25 bits per heavy atom. The van der Waals surface area contributed by atoms with E-state index < -0.39 is 0 Å². The second-order valence-corrected chi connectivity index (χ2v) is 6.28. The highest BCUT2D eigenvalue weighted by Gasteiger charge is 2.11. The average Bonchev–Trinajstić information content (AvgIpc) is 3.06. The fourth-order valence-electron chi connectivity index (χ4n) is 2.29. The van der Waals surface area contributed by atoms with Crippen molar-refractivity contribution in [3.63, 3.8) is 0 Å². The molecular weight excluding hydrogens is 347 g/mol. The molecule has 1 aromatic heterocycles. The van der Waals surface area contributed by atoms with E-state index in [1.54, 1.807) is 25.8 Å². The SMILES string of the molecule is CN=C(NCCCCn1cnnc1)NC(C)c1ccc(Cl)cc1Cl. The molecule has 0 spiro atoms. The van der Waals surface area contributed by atoms with Crippen LogP contribution in [0.1, 0.15) is 31.4 Å². The Bertz CT molecular complexity index is 657. The second kappa shape index (κ2) is 9.49. The van der Waals surface area contributed by atoms with Crippen molar-refractivity contribution in [2.24, 2.45) is 4.99 Å². The molecule has 0 amide bonds. The molecule has 0 bridgehead atoms. The number of aliphatic imine (C=N–C) groups is 1. The molecule has 0 aliphatic rings. The van der Waals surface area contributed by atoms with E-state index in [0.717, 1.165) is 37.5 Å². The van der Waals surface area contributed by atoms with Gasteiger partial charge in [-0.2, -0.15) is 0 Å². The predicted octanol–water partition coefficient (Wildman–Crippen LogP) is 3.29. The van der Waals surface area contributed by atoms with Crippen molar-refractivity contribution in [3.8, 4) is 0 Å². The maximum absolute atomic E-state index is 6.25. The number of nitrogens with one attached hydrogen (secondary N) is 2. The molecule has 2 aromatic rings. The fourth-order valence-corrected chi connectivity index (χ4v) is 2.87. The van der Waals surface area contributed by atoms with Gasteiger partial charge in [-0.1, -0.05) is 29.3 Å². The molecule has 1 heterocycles. The number of guanidine groups is 1. The number of aromatic nitrogens is 3. The third kappa shape index (κ3) is 5.69. The van der Waals surface area contributed by atoms with E-state index in [1.807, 2.05) is 23.6 Å². The largest absolute Gasteiger partial charge is 0.356 e. The van der Waals surface area contributed by atoms with E-state index in [0.29, 0.717) is 10.0 Å².